The van der Waals surface area contributed by atoms with Crippen LogP contribution < -0.4 is 10.2 Å². The van der Waals surface area contributed by atoms with Crippen molar-refractivity contribution >= 4 is 23.3 Å². The van der Waals surface area contributed by atoms with E-state index in [2.05, 4.69) is 27.1 Å². The number of nitrogens with one attached hydrogen (secondary N) is 1. The maximum atomic E-state index is 12.3. The lowest BCUT2D eigenvalue weighted by molar-refractivity contribution is -0.120. The van der Waals surface area contributed by atoms with Gasteiger partial charge in [0.05, 0.1) is 6.42 Å². The number of carbonyl (C=O) groups excluding carboxylic acids is 1. The Morgan fingerprint density at radius 1 is 1.12 bits per heavy atom. The number of benzene rings is 1. The van der Waals surface area contributed by atoms with Gasteiger partial charge in [0.25, 0.3) is 0 Å². The third-order valence-corrected chi connectivity index (χ3v) is 5.04. The van der Waals surface area contributed by atoms with Crippen LogP contribution in [0, 0.1) is 0 Å². The van der Waals surface area contributed by atoms with Crippen molar-refractivity contribution in [3.05, 3.63) is 58.7 Å². The number of hydrogen-bond acceptors (Lipinski definition) is 4. The first kappa shape index (κ1) is 18.7. The molecule has 1 fully saturated rings. The molecular weight excluding hydrogens is 348 g/mol. The molecule has 5 nitrogen and oxygen atoms in total. The molecule has 0 unspecified atom stereocenters. The number of pyridine rings is 1. The first-order valence-electron chi connectivity index (χ1n) is 9.01. The molecule has 0 bridgehead atoms. The summed E-state index contributed by atoms with van der Waals surface area (Å²) in [5.74, 6) is 0.935. The largest absolute Gasteiger partial charge is 0.355 e. The van der Waals surface area contributed by atoms with Gasteiger partial charge in [-0.2, -0.15) is 0 Å². The molecule has 0 atom stereocenters. The van der Waals surface area contributed by atoms with E-state index < -0.39 is 0 Å². The van der Waals surface area contributed by atoms with Gasteiger partial charge >= 0.3 is 0 Å². The normalized spacial score (nSPS) is 15.5. The van der Waals surface area contributed by atoms with Crippen molar-refractivity contribution in [3.8, 4) is 0 Å². The van der Waals surface area contributed by atoms with E-state index in [1.165, 1.54) is 0 Å². The molecule has 138 valence electrons. The molecule has 1 amide bonds. The van der Waals surface area contributed by atoms with Crippen molar-refractivity contribution < 1.29 is 4.79 Å². The van der Waals surface area contributed by atoms with E-state index in [9.17, 15) is 4.79 Å². The maximum Gasteiger partial charge on any atom is 0.224 e. The lowest BCUT2D eigenvalue weighted by Gasteiger charge is -2.24. The van der Waals surface area contributed by atoms with Crippen molar-refractivity contribution in [2.75, 3.05) is 38.1 Å². The average molecular weight is 373 g/mol. The summed E-state index contributed by atoms with van der Waals surface area (Å²) < 4.78 is 0. The summed E-state index contributed by atoms with van der Waals surface area (Å²) in [6, 6.07) is 11.4. The van der Waals surface area contributed by atoms with Gasteiger partial charge in [0, 0.05) is 43.0 Å². The molecule has 6 heteroatoms. The minimum absolute atomic E-state index is 0.0384. The van der Waals surface area contributed by atoms with Crippen LogP contribution in [0.25, 0.3) is 0 Å². The van der Waals surface area contributed by atoms with E-state index in [1.807, 2.05) is 36.5 Å². The maximum absolute atomic E-state index is 12.3. The second-order valence-corrected chi connectivity index (χ2v) is 7.08. The molecule has 26 heavy (non-hydrogen) atoms. The van der Waals surface area contributed by atoms with E-state index in [0.717, 1.165) is 49.5 Å². The van der Waals surface area contributed by atoms with Gasteiger partial charge in [-0.25, -0.2) is 4.98 Å². The molecule has 1 aromatic carbocycles. The van der Waals surface area contributed by atoms with Crippen LogP contribution >= 0.6 is 11.6 Å². The zero-order chi connectivity index (χ0) is 18.4. The summed E-state index contributed by atoms with van der Waals surface area (Å²) in [5.41, 5.74) is 1.89. The number of halogens is 1. The highest BCUT2D eigenvalue weighted by Gasteiger charge is 2.17. The van der Waals surface area contributed by atoms with Crippen LogP contribution in [0.5, 0.6) is 0 Å². The number of nitrogens with zero attached hydrogens (tertiary/aromatic N) is 3. The Morgan fingerprint density at radius 2 is 1.92 bits per heavy atom. The van der Waals surface area contributed by atoms with Crippen molar-refractivity contribution in [1.29, 1.82) is 0 Å². The van der Waals surface area contributed by atoms with E-state index in [0.29, 0.717) is 11.6 Å². The number of hydrogen-bond donors (Lipinski definition) is 1. The molecular formula is C20H25ClN4O. The summed E-state index contributed by atoms with van der Waals surface area (Å²) in [6.45, 7) is 4.54. The molecule has 3 rings (SSSR count). The summed E-state index contributed by atoms with van der Waals surface area (Å²) in [7, 11) is 2.15. The molecule has 0 radical (unpaired) electrons. The van der Waals surface area contributed by atoms with Crippen molar-refractivity contribution in [2.24, 2.45) is 0 Å². The number of likely N-dealkylation sites (N-methyl/N-ethyl adjacent to an activating group) is 1. The monoisotopic (exact) mass is 372 g/mol. The standard InChI is InChI=1S/C20H25ClN4O/c1-24-10-5-11-25(13-12-24)20-17(7-4-9-22-20)15-23-19(26)14-16-6-2-3-8-18(16)21/h2-4,6-9H,5,10-15H2,1H3,(H,23,26). The van der Waals surface area contributed by atoms with Crippen LogP contribution in [0.3, 0.4) is 0 Å². The minimum atomic E-state index is -0.0384. The third kappa shape index (κ3) is 4.96. The third-order valence-electron chi connectivity index (χ3n) is 4.67. The highest BCUT2D eigenvalue weighted by molar-refractivity contribution is 6.31. The summed E-state index contributed by atoms with van der Waals surface area (Å²) in [5, 5.41) is 3.63. The quantitative estimate of drug-likeness (QED) is 0.876. The fourth-order valence-electron chi connectivity index (χ4n) is 3.18. The second kappa shape index (κ2) is 9.01. The predicted octanol–water partition coefficient (Wildman–Crippen LogP) is 2.74. The summed E-state index contributed by atoms with van der Waals surface area (Å²) in [4.78, 5) is 21.6. The minimum Gasteiger partial charge on any atom is -0.355 e. The molecule has 2 heterocycles. The fourth-order valence-corrected chi connectivity index (χ4v) is 3.38. The van der Waals surface area contributed by atoms with Crippen LogP contribution in [-0.4, -0.2) is 49.0 Å². The lowest BCUT2D eigenvalue weighted by atomic mass is 10.1. The Kier molecular flexibility index (Phi) is 6.47. The molecule has 1 N–H and O–H groups in total. The number of amides is 1. The Bertz CT molecular complexity index is 752. The van der Waals surface area contributed by atoms with Gasteiger partial charge in [0.1, 0.15) is 5.82 Å². The molecule has 2 aromatic rings. The molecule has 0 spiro atoms. The van der Waals surface area contributed by atoms with Gasteiger partial charge in [-0.15, -0.1) is 0 Å². The van der Waals surface area contributed by atoms with Gasteiger partial charge in [-0.3, -0.25) is 4.79 Å². The molecule has 0 saturated carbocycles. The van der Waals surface area contributed by atoms with Gasteiger partial charge in [0.2, 0.25) is 5.91 Å². The predicted molar refractivity (Wildman–Crippen MR) is 106 cm³/mol. The number of anilines is 1. The van der Waals surface area contributed by atoms with Gasteiger partial charge < -0.3 is 15.1 Å². The molecule has 1 aliphatic rings. The van der Waals surface area contributed by atoms with Gasteiger partial charge in [-0.1, -0.05) is 35.9 Å². The molecule has 1 saturated heterocycles. The molecule has 1 aromatic heterocycles. The average Bonchev–Trinajstić information content (AvgIpc) is 2.87. The van der Waals surface area contributed by atoms with E-state index in [1.54, 1.807) is 6.07 Å². The van der Waals surface area contributed by atoms with Crippen molar-refractivity contribution in [2.45, 2.75) is 19.4 Å². The highest BCUT2D eigenvalue weighted by Crippen LogP contribution is 2.19. The van der Waals surface area contributed by atoms with Crippen LogP contribution in [0.15, 0.2) is 42.6 Å². The van der Waals surface area contributed by atoms with Crippen molar-refractivity contribution in [3.63, 3.8) is 0 Å². The van der Waals surface area contributed by atoms with Crippen LogP contribution in [-0.2, 0) is 17.8 Å². The first-order valence-corrected chi connectivity index (χ1v) is 9.39. The van der Waals surface area contributed by atoms with Crippen LogP contribution in [0.2, 0.25) is 5.02 Å². The molecule has 1 aliphatic heterocycles. The number of carbonyl (C=O) groups is 1. The number of aromatic nitrogens is 1. The van der Waals surface area contributed by atoms with Crippen molar-refractivity contribution in [1.82, 2.24) is 15.2 Å². The first-order chi connectivity index (χ1) is 12.6. The van der Waals surface area contributed by atoms with E-state index in [4.69, 9.17) is 11.6 Å². The highest BCUT2D eigenvalue weighted by atomic mass is 35.5. The Balaban J connectivity index is 1.63. The second-order valence-electron chi connectivity index (χ2n) is 6.67. The Hall–Kier alpha value is -2.11. The van der Waals surface area contributed by atoms with Crippen LogP contribution in [0.1, 0.15) is 17.5 Å². The topological polar surface area (TPSA) is 48.5 Å². The van der Waals surface area contributed by atoms with Crippen LogP contribution in [0.4, 0.5) is 5.82 Å². The fraction of sp³-hybridized carbons (Fsp3) is 0.400. The van der Waals surface area contributed by atoms with Gasteiger partial charge in [-0.05, 0) is 37.7 Å². The van der Waals surface area contributed by atoms with E-state index >= 15 is 0 Å². The summed E-state index contributed by atoms with van der Waals surface area (Å²) >= 11 is 6.14. The van der Waals surface area contributed by atoms with Gasteiger partial charge in [0.15, 0.2) is 0 Å². The Labute approximate surface area is 160 Å². The SMILES string of the molecule is CN1CCCN(c2ncccc2CNC(=O)Cc2ccccc2Cl)CC1. The smallest absolute Gasteiger partial charge is 0.224 e. The molecule has 0 aliphatic carbocycles. The Morgan fingerprint density at radius 3 is 2.77 bits per heavy atom. The zero-order valence-electron chi connectivity index (χ0n) is 15.1. The summed E-state index contributed by atoms with van der Waals surface area (Å²) in [6.07, 6.45) is 3.22. The van der Waals surface area contributed by atoms with E-state index in [-0.39, 0.29) is 12.3 Å². The number of rotatable bonds is 5. The zero-order valence-corrected chi connectivity index (χ0v) is 15.9. The lowest BCUT2D eigenvalue weighted by Crippen LogP contribution is -2.31.